The third kappa shape index (κ3) is 5.22. The van der Waals surface area contributed by atoms with Gasteiger partial charge in [-0.05, 0) is 43.2 Å². The van der Waals surface area contributed by atoms with Gasteiger partial charge in [-0.1, -0.05) is 42.8 Å². The molecular formula is C19H22ClNO4S. The van der Waals surface area contributed by atoms with Crippen LogP contribution < -0.4 is 10.1 Å². The number of amides is 1. The van der Waals surface area contributed by atoms with Gasteiger partial charge < -0.3 is 10.1 Å². The molecule has 0 fully saturated rings. The quantitative estimate of drug-likeness (QED) is 0.774. The number of ether oxygens (including phenoxy) is 1. The lowest BCUT2D eigenvalue weighted by Gasteiger charge is -2.21. The molecule has 5 nitrogen and oxygen atoms in total. The van der Waals surface area contributed by atoms with Crippen molar-refractivity contribution in [2.75, 3.05) is 6.26 Å². The molecule has 0 aliphatic rings. The Bertz CT molecular complexity index is 865. The third-order valence-corrected chi connectivity index (χ3v) is 5.39. The van der Waals surface area contributed by atoms with Crippen LogP contribution in [0.25, 0.3) is 0 Å². The van der Waals surface area contributed by atoms with E-state index in [4.69, 9.17) is 16.3 Å². The van der Waals surface area contributed by atoms with Gasteiger partial charge in [0.2, 0.25) is 0 Å². The van der Waals surface area contributed by atoms with E-state index in [1.807, 2.05) is 6.92 Å². The fraction of sp³-hybridized carbons (Fsp3) is 0.316. The Morgan fingerprint density at radius 2 is 1.77 bits per heavy atom. The molecule has 7 heteroatoms. The van der Waals surface area contributed by atoms with Crippen molar-refractivity contribution in [3.63, 3.8) is 0 Å². The molecule has 2 aromatic carbocycles. The van der Waals surface area contributed by atoms with E-state index in [1.54, 1.807) is 55.5 Å². The smallest absolute Gasteiger partial charge is 0.261 e. The van der Waals surface area contributed by atoms with Gasteiger partial charge >= 0.3 is 0 Å². The zero-order chi connectivity index (χ0) is 19.3. The first-order valence-electron chi connectivity index (χ1n) is 8.24. The summed E-state index contributed by atoms with van der Waals surface area (Å²) in [5.41, 5.74) is 0.832. The summed E-state index contributed by atoms with van der Waals surface area (Å²) in [6.07, 6.45) is 1.09. The summed E-state index contributed by atoms with van der Waals surface area (Å²) < 4.78 is 28.7. The van der Waals surface area contributed by atoms with Gasteiger partial charge in [-0.25, -0.2) is 8.42 Å². The Labute approximate surface area is 159 Å². The molecule has 0 saturated heterocycles. The Morgan fingerprint density at radius 1 is 1.15 bits per heavy atom. The van der Waals surface area contributed by atoms with E-state index in [0.29, 0.717) is 17.2 Å². The number of benzene rings is 2. The van der Waals surface area contributed by atoms with Crippen LogP contribution in [0.4, 0.5) is 0 Å². The van der Waals surface area contributed by atoms with Gasteiger partial charge in [-0.15, -0.1) is 0 Å². The minimum absolute atomic E-state index is 0.242. The highest BCUT2D eigenvalue weighted by atomic mass is 35.5. The van der Waals surface area contributed by atoms with E-state index in [2.05, 4.69) is 5.32 Å². The van der Waals surface area contributed by atoms with Crippen LogP contribution in [0.5, 0.6) is 5.75 Å². The second kappa shape index (κ2) is 8.56. The number of halogens is 1. The lowest BCUT2D eigenvalue weighted by Crippen LogP contribution is -2.38. The SMILES string of the molecule is CC[C@@H](NC(=O)[C@@H](C)Oc1ccccc1Cl)c1ccc(S(C)(=O)=O)cc1. The normalized spacial score (nSPS) is 13.7. The van der Waals surface area contributed by atoms with Crippen molar-refractivity contribution in [1.82, 2.24) is 5.32 Å². The van der Waals surface area contributed by atoms with Crippen molar-refractivity contribution >= 4 is 27.3 Å². The summed E-state index contributed by atoms with van der Waals surface area (Å²) in [5.74, 6) is 0.173. The first kappa shape index (κ1) is 20.3. The number of nitrogens with one attached hydrogen (secondary N) is 1. The average molecular weight is 396 g/mol. The molecule has 0 aromatic heterocycles. The molecule has 1 amide bonds. The Balaban J connectivity index is 2.06. The molecule has 1 N–H and O–H groups in total. The van der Waals surface area contributed by atoms with Crippen molar-refractivity contribution in [2.45, 2.75) is 37.3 Å². The van der Waals surface area contributed by atoms with E-state index in [1.165, 1.54) is 0 Å². The van der Waals surface area contributed by atoms with Crippen LogP contribution in [-0.2, 0) is 14.6 Å². The molecule has 26 heavy (non-hydrogen) atoms. The van der Waals surface area contributed by atoms with E-state index in [0.717, 1.165) is 11.8 Å². The Kier molecular flexibility index (Phi) is 6.67. The maximum absolute atomic E-state index is 12.5. The van der Waals surface area contributed by atoms with Gasteiger partial charge in [-0.2, -0.15) is 0 Å². The molecule has 0 unspecified atom stereocenters. The molecule has 0 saturated carbocycles. The summed E-state index contributed by atoms with van der Waals surface area (Å²) in [6, 6.07) is 13.2. The Hall–Kier alpha value is -2.05. The maximum atomic E-state index is 12.5. The highest BCUT2D eigenvalue weighted by Gasteiger charge is 2.20. The summed E-state index contributed by atoms with van der Waals surface area (Å²) in [7, 11) is -3.25. The molecule has 2 atom stereocenters. The summed E-state index contributed by atoms with van der Waals surface area (Å²) in [4.78, 5) is 12.7. The molecule has 0 radical (unpaired) electrons. The van der Waals surface area contributed by atoms with Gasteiger partial charge in [0, 0.05) is 6.26 Å². The number of rotatable bonds is 7. The van der Waals surface area contributed by atoms with Crippen LogP contribution in [0.2, 0.25) is 5.02 Å². The highest BCUT2D eigenvalue weighted by molar-refractivity contribution is 7.90. The van der Waals surface area contributed by atoms with Crippen molar-refractivity contribution in [3.05, 3.63) is 59.1 Å². The second-order valence-corrected chi connectivity index (χ2v) is 8.42. The number of hydrogen-bond donors (Lipinski definition) is 1. The fourth-order valence-electron chi connectivity index (χ4n) is 2.44. The van der Waals surface area contributed by atoms with Gasteiger partial charge in [0.15, 0.2) is 15.9 Å². The number of carbonyl (C=O) groups excluding carboxylic acids is 1. The zero-order valence-electron chi connectivity index (χ0n) is 14.9. The molecule has 0 aliphatic carbocycles. The lowest BCUT2D eigenvalue weighted by atomic mass is 10.0. The van der Waals surface area contributed by atoms with Crippen molar-refractivity contribution in [3.8, 4) is 5.75 Å². The van der Waals surface area contributed by atoms with E-state index >= 15 is 0 Å². The summed E-state index contributed by atoms with van der Waals surface area (Å²) >= 11 is 6.05. The summed E-state index contributed by atoms with van der Waals surface area (Å²) in [6.45, 7) is 3.59. The van der Waals surface area contributed by atoms with Crippen molar-refractivity contribution < 1.29 is 17.9 Å². The molecule has 0 bridgehead atoms. The van der Waals surface area contributed by atoms with Crippen molar-refractivity contribution in [1.29, 1.82) is 0 Å². The second-order valence-electron chi connectivity index (χ2n) is 6.00. The van der Waals surface area contributed by atoms with Crippen LogP contribution in [0.1, 0.15) is 31.9 Å². The predicted octanol–water partition coefficient (Wildman–Crippen LogP) is 3.78. The molecule has 0 aliphatic heterocycles. The average Bonchev–Trinajstić information content (AvgIpc) is 2.60. The highest BCUT2D eigenvalue weighted by Crippen LogP contribution is 2.25. The fourth-order valence-corrected chi connectivity index (χ4v) is 3.25. The Morgan fingerprint density at radius 3 is 2.31 bits per heavy atom. The van der Waals surface area contributed by atoms with Crippen LogP contribution in [0.3, 0.4) is 0 Å². The topological polar surface area (TPSA) is 72.5 Å². The zero-order valence-corrected chi connectivity index (χ0v) is 16.5. The van der Waals surface area contributed by atoms with Gasteiger partial charge in [-0.3, -0.25) is 4.79 Å². The molecule has 140 valence electrons. The molecular weight excluding hydrogens is 374 g/mol. The van der Waals surface area contributed by atoms with Gasteiger partial charge in [0.1, 0.15) is 5.75 Å². The third-order valence-electron chi connectivity index (χ3n) is 3.94. The monoisotopic (exact) mass is 395 g/mol. The van der Waals surface area contributed by atoms with Crippen molar-refractivity contribution in [2.24, 2.45) is 0 Å². The molecule has 2 rings (SSSR count). The largest absolute Gasteiger partial charge is 0.479 e. The molecule has 0 heterocycles. The van der Waals surface area contributed by atoms with E-state index in [-0.39, 0.29) is 16.8 Å². The van der Waals surface area contributed by atoms with Crippen LogP contribution in [-0.4, -0.2) is 26.7 Å². The molecule has 2 aromatic rings. The standard InChI is InChI=1S/C19H22ClNO4S/c1-4-17(14-9-11-15(12-10-14)26(3,23)24)21-19(22)13(2)25-18-8-6-5-7-16(18)20/h5-13,17H,4H2,1-3H3,(H,21,22)/t13-,17-/m1/s1. The summed E-state index contributed by atoms with van der Waals surface area (Å²) in [5, 5.41) is 3.36. The number of sulfone groups is 1. The van der Waals surface area contributed by atoms with Crippen LogP contribution in [0, 0.1) is 0 Å². The number of carbonyl (C=O) groups is 1. The van der Waals surface area contributed by atoms with Gasteiger partial charge in [0.05, 0.1) is 16.0 Å². The first-order chi connectivity index (χ1) is 12.2. The maximum Gasteiger partial charge on any atom is 0.261 e. The van der Waals surface area contributed by atoms with E-state index in [9.17, 15) is 13.2 Å². The van der Waals surface area contributed by atoms with Gasteiger partial charge in [0.25, 0.3) is 5.91 Å². The van der Waals surface area contributed by atoms with Crippen LogP contribution >= 0.6 is 11.6 Å². The number of hydrogen-bond acceptors (Lipinski definition) is 4. The minimum atomic E-state index is -3.25. The lowest BCUT2D eigenvalue weighted by molar-refractivity contribution is -0.128. The predicted molar refractivity (Wildman–Crippen MR) is 102 cm³/mol. The number of para-hydroxylation sites is 1. The molecule has 0 spiro atoms. The minimum Gasteiger partial charge on any atom is -0.479 e. The van der Waals surface area contributed by atoms with E-state index < -0.39 is 15.9 Å². The first-order valence-corrected chi connectivity index (χ1v) is 10.5. The van der Waals surface area contributed by atoms with Crippen LogP contribution in [0.15, 0.2) is 53.4 Å².